The van der Waals surface area contributed by atoms with E-state index >= 15 is 0 Å². The Hall–Kier alpha value is -0.750. The number of hydrogen-bond donors (Lipinski definition) is 2. The van der Waals surface area contributed by atoms with Gasteiger partial charge in [-0.3, -0.25) is 10.2 Å². The maximum Gasteiger partial charge on any atom is 0.265 e. The van der Waals surface area contributed by atoms with Crippen LogP contribution in [-0.4, -0.2) is 25.0 Å². The average molecular weight is 180 g/mol. The van der Waals surface area contributed by atoms with Crippen molar-refractivity contribution in [1.82, 2.24) is 5.43 Å². The Kier molecular flexibility index (Phi) is 2.93. The van der Waals surface area contributed by atoms with Gasteiger partial charge in [0.05, 0.1) is 5.92 Å². The Labute approximate surface area is 68.0 Å². The van der Waals surface area contributed by atoms with E-state index in [0.29, 0.717) is 6.42 Å². The number of hydrogen-bond acceptors (Lipinski definition) is 3. The second-order valence-electron chi connectivity index (χ2n) is 2.57. The first-order chi connectivity index (χ1) is 5.66. The number of carbonyl (C=O) groups excluding carboxylic acids is 1. The van der Waals surface area contributed by atoms with Gasteiger partial charge >= 0.3 is 0 Å². The van der Waals surface area contributed by atoms with Gasteiger partial charge in [0.2, 0.25) is 5.91 Å². The lowest BCUT2D eigenvalue weighted by Crippen LogP contribution is -2.41. The molecule has 1 heterocycles. The largest absolute Gasteiger partial charge is 0.371 e. The zero-order valence-corrected chi connectivity index (χ0v) is 6.30. The first kappa shape index (κ1) is 9.34. The summed E-state index contributed by atoms with van der Waals surface area (Å²) >= 11 is 0. The number of alkyl halides is 2. The van der Waals surface area contributed by atoms with Crippen LogP contribution >= 0.6 is 0 Å². The first-order valence-corrected chi connectivity index (χ1v) is 3.57. The molecule has 4 nitrogen and oxygen atoms in total. The number of hydrazine groups is 1. The van der Waals surface area contributed by atoms with Gasteiger partial charge in [0, 0.05) is 6.61 Å². The van der Waals surface area contributed by atoms with Gasteiger partial charge in [-0.1, -0.05) is 0 Å². The quantitative estimate of drug-likeness (QED) is 0.346. The summed E-state index contributed by atoms with van der Waals surface area (Å²) in [6.07, 6.45) is -3.62. The number of amides is 1. The van der Waals surface area contributed by atoms with Crippen LogP contribution in [-0.2, 0) is 9.53 Å². The molecule has 70 valence electrons. The van der Waals surface area contributed by atoms with E-state index in [1.807, 2.05) is 5.43 Å². The average Bonchev–Trinajstić information content (AvgIpc) is 2.50. The molecule has 1 saturated heterocycles. The predicted molar refractivity (Wildman–Crippen MR) is 36.2 cm³/mol. The molecule has 0 aliphatic carbocycles. The van der Waals surface area contributed by atoms with E-state index in [2.05, 4.69) is 4.74 Å². The summed E-state index contributed by atoms with van der Waals surface area (Å²) in [7, 11) is 0. The maximum absolute atomic E-state index is 12.1. The summed E-state index contributed by atoms with van der Waals surface area (Å²) in [4.78, 5) is 10.9. The summed E-state index contributed by atoms with van der Waals surface area (Å²) in [6.45, 7) is 0.188. The summed E-state index contributed by atoms with van der Waals surface area (Å²) in [6, 6.07) is 0. The van der Waals surface area contributed by atoms with E-state index in [4.69, 9.17) is 5.84 Å². The standard InChI is InChI=1S/C6H10F2N2O2/c7-5(8)4-3(1-2-12-4)6(11)10-9/h3-5H,1-2,9H2,(H,10,11)/t3-,4+/m0/s1. The van der Waals surface area contributed by atoms with Crippen LogP contribution in [0.3, 0.4) is 0 Å². The molecule has 1 amide bonds. The second-order valence-corrected chi connectivity index (χ2v) is 2.57. The van der Waals surface area contributed by atoms with Crippen LogP contribution in [0.2, 0.25) is 0 Å². The third-order valence-electron chi connectivity index (χ3n) is 1.86. The highest BCUT2D eigenvalue weighted by molar-refractivity contribution is 5.78. The molecule has 0 aromatic heterocycles. The lowest BCUT2D eigenvalue weighted by molar-refractivity contribution is -0.130. The fourth-order valence-corrected chi connectivity index (χ4v) is 1.25. The first-order valence-electron chi connectivity index (χ1n) is 3.57. The van der Waals surface area contributed by atoms with Crippen molar-refractivity contribution in [2.45, 2.75) is 19.0 Å². The van der Waals surface area contributed by atoms with Crippen molar-refractivity contribution in [3.05, 3.63) is 0 Å². The molecule has 2 atom stereocenters. The zero-order chi connectivity index (χ0) is 9.14. The minimum Gasteiger partial charge on any atom is -0.371 e. The van der Waals surface area contributed by atoms with Gasteiger partial charge in [0.25, 0.3) is 6.43 Å². The summed E-state index contributed by atoms with van der Waals surface area (Å²) in [5, 5.41) is 0. The molecule has 0 radical (unpaired) electrons. The summed E-state index contributed by atoms with van der Waals surface area (Å²) in [5.74, 6) is 3.42. The Morgan fingerprint density at radius 1 is 1.67 bits per heavy atom. The Bertz CT molecular complexity index is 177. The van der Waals surface area contributed by atoms with E-state index in [0.717, 1.165) is 0 Å². The van der Waals surface area contributed by atoms with Crippen molar-refractivity contribution >= 4 is 5.91 Å². The number of carbonyl (C=O) groups is 1. The fourth-order valence-electron chi connectivity index (χ4n) is 1.25. The molecule has 1 fully saturated rings. The van der Waals surface area contributed by atoms with Gasteiger partial charge in [-0.05, 0) is 6.42 Å². The van der Waals surface area contributed by atoms with Crippen LogP contribution < -0.4 is 11.3 Å². The molecule has 12 heavy (non-hydrogen) atoms. The minimum atomic E-state index is -2.63. The smallest absolute Gasteiger partial charge is 0.265 e. The third-order valence-corrected chi connectivity index (χ3v) is 1.86. The van der Waals surface area contributed by atoms with Gasteiger partial charge in [-0.2, -0.15) is 0 Å². The number of nitrogens with one attached hydrogen (secondary N) is 1. The van der Waals surface area contributed by atoms with E-state index < -0.39 is 24.4 Å². The van der Waals surface area contributed by atoms with Crippen LogP contribution in [0.1, 0.15) is 6.42 Å². The second kappa shape index (κ2) is 3.77. The monoisotopic (exact) mass is 180 g/mol. The van der Waals surface area contributed by atoms with Crippen LogP contribution in [0.15, 0.2) is 0 Å². The van der Waals surface area contributed by atoms with Crippen LogP contribution in [0, 0.1) is 5.92 Å². The third kappa shape index (κ3) is 1.70. The van der Waals surface area contributed by atoms with Crippen LogP contribution in [0.5, 0.6) is 0 Å². The lowest BCUT2D eigenvalue weighted by atomic mass is 10.0. The molecular weight excluding hydrogens is 170 g/mol. The summed E-state index contributed by atoms with van der Waals surface area (Å²) in [5.41, 5.74) is 1.84. The molecule has 0 aromatic carbocycles. The van der Waals surface area contributed by atoms with Crippen LogP contribution in [0.4, 0.5) is 8.78 Å². The van der Waals surface area contributed by atoms with Crippen molar-refractivity contribution in [2.75, 3.05) is 6.61 Å². The minimum absolute atomic E-state index is 0.188. The van der Waals surface area contributed by atoms with Gasteiger partial charge in [-0.25, -0.2) is 14.6 Å². The Morgan fingerprint density at radius 2 is 2.33 bits per heavy atom. The van der Waals surface area contributed by atoms with Gasteiger partial charge in [0.1, 0.15) is 6.10 Å². The molecule has 0 saturated carbocycles. The normalized spacial score (nSPS) is 29.3. The molecule has 1 rings (SSSR count). The Balaban J connectivity index is 2.57. The SMILES string of the molecule is NNC(=O)[C@H]1CCO[C@H]1C(F)F. The van der Waals surface area contributed by atoms with Crippen molar-refractivity contribution < 1.29 is 18.3 Å². The Morgan fingerprint density at radius 3 is 2.83 bits per heavy atom. The maximum atomic E-state index is 12.1. The van der Waals surface area contributed by atoms with Crippen molar-refractivity contribution in [1.29, 1.82) is 0 Å². The molecular formula is C6H10F2N2O2. The fraction of sp³-hybridized carbons (Fsp3) is 0.833. The van der Waals surface area contributed by atoms with Crippen molar-refractivity contribution in [3.8, 4) is 0 Å². The van der Waals surface area contributed by atoms with E-state index in [1.54, 1.807) is 0 Å². The predicted octanol–water partition coefficient (Wildman–Crippen LogP) is -0.354. The van der Waals surface area contributed by atoms with Gasteiger partial charge in [-0.15, -0.1) is 0 Å². The van der Waals surface area contributed by atoms with E-state index in [9.17, 15) is 13.6 Å². The zero-order valence-electron chi connectivity index (χ0n) is 6.30. The topological polar surface area (TPSA) is 64.3 Å². The molecule has 6 heteroatoms. The van der Waals surface area contributed by atoms with E-state index in [1.165, 1.54) is 0 Å². The van der Waals surface area contributed by atoms with Crippen molar-refractivity contribution in [2.24, 2.45) is 11.8 Å². The highest BCUT2D eigenvalue weighted by atomic mass is 19.3. The summed E-state index contributed by atoms with van der Waals surface area (Å²) < 4.78 is 29.0. The van der Waals surface area contributed by atoms with Crippen LogP contribution in [0.25, 0.3) is 0 Å². The molecule has 0 bridgehead atoms. The lowest BCUT2D eigenvalue weighted by Gasteiger charge is -2.15. The molecule has 1 aliphatic heterocycles. The van der Waals surface area contributed by atoms with E-state index in [-0.39, 0.29) is 6.61 Å². The molecule has 0 aromatic rings. The highest BCUT2D eigenvalue weighted by Crippen LogP contribution is 2.25. The molecule has 0 spiro atoms. The number of rotatable bonds is 2. The van der Waals surface area contributed by atoms with Gasteiger partial charge < -0.3 is 4.74 Å². The number of halogens is 2. The van der Waals surface area contributed by atoms with Gasteiger partial charge in [0.15, 0.2) is 0 Å². The molecule has 1 aliphatic rings. The number of nitrogens with two attached hydrogens (primary N) is 1. The number of ether oxygens (including phenoxy) is 1. The highest BCUT2D eigenvalue weighted by Gasteiger charge is 2.39. The molecule has 0 unspecified atom stereocenters. The van der Waals surface area contributed by atoms with Crippen molar-refractivity contribution in [3.63, 3.8) is 0 Å². The molecule has 3 N–H and O–H groups in total.